The predicted molar refractivity (Wildman–Crippen MR) is 49.1 cm³/mol. The summed E-state index contributed by atoms with van der Waals surface area (Å²) >= 11 is 0. The van der Waals surface area contributed by atoms with E-state index in [4.69, 9.17) is 0 Å². The van der Waals surface area contributed by atoms with E-state index in [1.54, 1.807) is 0 Å². The highest BCUT2D eigenvalue weighted by Gasteiger charge is 2.19. The maximum absolute atomic E-state index is 12.1. The van der Waals surface area contributed by atoms with Gasteiger partial charge in [-0.2, -0.15) is 0 Å². The lowest BCUT2D eigenvalue weighted by Crippen LogP contribution is -2.39. The third-order valence-corrected chi connectivity index (χ3v) is 2.56. The van der Waals surface area contributed by atoms with Crippen molar-refractivity contribution in [1.29, 1.82) is 0 Å². The molecule has 0 spiro atoms. The fourth-order valence-corrected chi connectivity index (χ4v) is 1.74. The molecule has 0 radical (unpaired) electrons. The molecule has 2 unspecified atom stereocenters. The van der Waals surface area contributed by atoms with Gasteiger partial charge in [-0.25, -0.2) is 4.39 Å². The quantitative estimate of drug-likeness (QED) is 0.672. The Morgan fingerprint density at radius 2 is 2.25 bits per heavy atom. The van der Waals surface area contributed by atoms with Crippen LogP contribution in [0, 0.1) is 0 Å². The summed E-state index contributed by atoms with van der Waals surface area (Å²) in [5.74, 6) is 0. The van der Waals surface area contributed by atoms with Crippen molar-refractivity contribution in [3.8, 4) is 0 Å². The van der Waals surface area contributed by atoms with Gasteiger partial charge in [0.2, 0.25) is 0 Å². The van der Waals surface area contributed by atoms with E-state index in [9.17, 15) is 4.39 Å². The Morgan fingerprint density at radius 1 is 1.50 bits per heavy atom. The van der Waals surface area contributed by atoms with Gasteiger partial charge in [0.15, 0.2) is 0 Å². The van der Waals surface area contributed by atoms with Crippen LogP contribution in [-0.2, 0) is 0 Å². The first-order valence-electron chi connectivity index (χ1n) is 4.77. The Morgan fingerprint density at radius 3 is 2.92 bits per heavy atom. The Balaban J connectivity index is 2.42. The zero-order valence-corrected chi connectivity index (χ0v) is 8.02. The summed E-state index contributed by atoms with van der Waals surface area (Å²) in [5, 5.41) is 3.40. The molecule has 1 N–H and O–H groups in total. The maximum atomic E-state index is 12.1. The monoisotopic (exact) mass is 174 g/mol. The van der Waals surface area contributed by atoms with Gasteiger partial charge in [0, 0.05) is 25.2 Å². The molecule has 1 aliphatic rings. The summed E-state index contributed by atoms with van der Waals surface area (Å²) in [6.45, 7) is 6.74. The molecule has 0 aliphatic carbocycles. The molecule has 0 aromatic rings. The van der Waals surface area contributed by atoms with Gasteiger partial charge in [0.25, 0.3) is 0 Å². The van der Waals surface area contributed by atoms with Crippen LogP contribution in [0.2, 0.25) is 0 Å². The minimum atomic E-state index is -0.225. The van der Waals surface area contributed by atoms with E-state index in [-0.39, 0.29) is 6.67 Å². The fraction of sp³-hybridized carbons (Fsp3) is 1.00. The SMILES string of the molecule is CC1CN(CCF)C(C)CCN1. The van der Waals surface area contributed by atoms with Gasteiger partial charge in [-0.15, -0.1) is 0 Å². The number of rotatable bonds is 2. The smallest absolute Gasteiger partial charge is 0.102 e. The molecule has 0 bridgehead atoms. The van der Waals surface area contributed by atoms with Gasteiger partial charge in [0.05, 0.1) is 0 Å². The van der Waals surface area contributed by atoms with E-state index in [0.29, 0.717) is 18.6 Å². The van der Waals surface area contributed by atoms with Crippen LogP contribution >= 0.6 is 0 Å². The number of hydrogen-bond acceptors (Lipinski definition) is 2. The molecule has 72 valence electrons. The highest BCUT2D eigenvalue weighted by atomic mass is 19.1. The molecular weight excluding hydrogens is 155 g/mol. The van der Waals surface area contributed by atoms with Crippen molar-refractivity contribution >= 4 is 0 Å². The lowest BCUT2D eigenvalue weighted by molar-refractivity contribution is 0.191. The van der Waals surface area contributed by atoms with Crippen LogP contribution in [0.15, 0.2) is 0 Å². The molecule has 0 amide bonds. The first-order chi connectivity index (χ1) is 5.74. The largest absolute Gasteiger partial charge is 0.313 e. The highest BCUT2D eigenvalue weighted by molar-refractivity contribution is 4.77. The van der Waals surface area contributed by atoms with Gasteiger partial charge in [-0.05, 0) is 26.8 Å². The van der Waals surface area contributed by atoms with Crippen molar-refractivity contribution < 1.29 is 4.39 Å². The van der Waals surface area contributed by atoms with Gasteiger partial charge in [-0.3, -0.25) is 4.90 Å². The molecule has 0 saturated carbocycles. The van der Waals surface area contributed by atoms with Crippen LogP contribution in [0.3, 0.4) is 0 Å². The van der Waals surface area contributed by atoms with Gasteiger partial charge < -0.3 is 5.32 Å². The van der Waals surface area contributed by atoms with Crippen LogP contribution in [-0.4, -0.2) is 43.3 Å². The Kier molecular flexibility index (Phi) is 3.95. The lowest BCUT2D eigenvalue weighted by Gasteiger charge is -2.26. The van der Waals surface area contributed by atoms with Crippen LogP contribution < -0.4 is 5.32 Å². The number of halogens is 1. The number of nitrogens with one attached hydrogen (secondary N) is 1. The molecule has 1 rings (SSSR count). The molecule has 1 heterocycles. The molecule has 1 saturated heterocycles. The first-order valence-corrected chi connectivity index (χ1v) is 4.77. The molecule has 1 fully saturated rings. The van der Waals surface area contributed by atoms with Crippen LogP contribution in [0.4, 0.5) is 4.39 Å². The Bertz CT molecular complexity index is 130. The topological polar surface area (TPSA) is 15.3 Å². The lowest BCUT2D eigenvalue weighted by atomic mass is 10.2. The van der Waals surface area contributed by atoms with Gasteiger partial charge in [-0.1, -0.05) is 0 Å². The van der Waals surface area contributed by atoms with Crippen LogP contribution in [0.25, 0.3) is 0 Å². The van der Waals surface area contributed by atoms with Gasteiger partial charge >= 0.3 is 0 Å². The third kappa shape index (κ3) is 2.72. The zero-order chi connectivity index (χ0) is 8.97. The van der Waals surface area contributed by atoms with Crippen molar-refractivity contribution in [2.45, 2.75) is 32.4 Å². The second kappa shape index (κ2) is 4.77. The summed E-state index contributed by atoms with van der Waals surface area (Å²) < 4.78 is 12.1. The van der Waals surface area contributed by atoms with Crippen LogP contribution in [0.1, 0.15) is 20.3 Å². The van der Waals surface area contributed by atoms with E-state index in [2.05, 4.69) is 24.1 Å². The van der Waals surface area contributed by atoms with E-state index in [1.165, 1.54) is 0 Å². The average molecular weight is 174 g/mol. The molecular formula is C9H19FN2. The first kappa shape index (κ1) is 9.93. The molecule has 1 aliphatic heterocycles. The van der Waals surface area contributed by atoms with E-state index >= 15 is 0 Å². The molecule has 3 heteroatoms. The minimum absolute atomic E-state index is 0.225. The molecule has 0 aromatic heterocycles. The van der Waals surface area contributed by atoms with E-state index in [0.717, 1.165) is 19.5 Å². The maximum Gasteiger partial charge on any atom is 0.102 e. The Labute approximate surface area is 74.1 Å². The van der Waals surface area contributed by atoms with Crippen molar-refractivity contribution in [3.05, 3.63) is 0 Å². The summed E-state index contributed by atoms with van der Waals surface area (Å²) in [7, 11) is 0. The van der Waals surface area contributed by atoms with E-state index in [1.807, 2.05) is 0 Å². The summed E-state index contributed by atoms with van der Waals surface area (Å²) in [6.07, 6.45) is 1.13. The average Bonchev–Trinajstić information content (AvgIpc) is 2.16. The summed E-state index contributed by atoms with van der Waals surface area (Å²) in [4.78, 5) is 2.23. The molecule has 0 aromatic carbocycles. The number of hydrogen-bond donors (Lipinski definition) is 1. The summed E-state index contributed by atoms with van der Waals surface area (Å²) in [5.41, 5.74) is 0. The Hall–Kier alpha value is -0.150. The zero-order valence-electron chi connectivity index (χ0n) is 8.02. The second-order valence-corrected chi connectivity index (χ2v) is 3.68. The molecule has 2 atom stereocenters. The third-order valence-electron chi connectivity index (χ3n) is 2.56. The number of alkyl halides is 1. The summed E-state index contributed by atoms with van der Waals surface area (Å²) in [6, 6.07) is 1.03. The van der Waals surface area contributed by atoms with Crippen molar-refractivity contribution in [1.82, 2.24) is 10.2 Å². The highest BCUT2D eigenvalue weighted by Crippen LogP contribution is 2.07. The molecule has 12 heavy (non-hydrogen) atoms. The second-order valence-electron chi connectivity index (χ2n) is 3.68. The van der Waals surface area contributed by atoms with Gasteiger partial charge in [0.1, 0.15) is 6.67 Å². The molecule has 2 nitrogen and oxygen atoms in total. The van der Waals surface area contributed by atoms with E-state index < -0.39 is 0 Å². The fourth-order valence-electron chi connectivity index (χ4n) is 1.74. The van der Waals surface area contributed by atoms with Crippen molar-refractivity contribution in [3.63, 3.8) is 0 Å². The number of nitrogens with zero attached hydrogens (tertiary/aromatic N) is 1. The van der Waals surface area contributed by atoms with Crippen LogP contribution in [0.5, 0.6) is 0 Å². The standard InChI is InChI=1S/C9H19FN2/c1-8-7-12(6-4-10)9(2)3-5-11-8/h8-9,11H,3-7H2,1-2H3. The van der Waals surface area contributed by atoms with Crippen molar-refractivity contribution in [2.24, 2.45) is 0 Å². The minimum Gasteiger partial charge on any atom is -0.313 e. The van der Waals surface area contributed by atoms with Crippen molar-refractivity contribution in [2.75, 3.05) is 26.3 Å². The normalized spacial score (nSPS) is 33.2. The predicted octanol–water partition coefficient (Wildman–Crippen LogP) is 1.03.